The van der Waals surface area contributed by atoms with Gasteiger partial charge in [-0.25, -0.2) is 8.93 Å². The molecule has 1 unspecified atom stereocenters. The van der Waals surface area contributed by atoms with Crippen molar-refractivity contribution in [3.63, 3.8) is 0 Å². The maximum Gasteiger partial charge on any atom is 0.145 e. The summed E-state index contributed by atoms with van der Waals surface area (Å²) in [5.41, 5.74) is 0.736. The first-order valence-electron chi connectivity index (χ1n) is 3.49. The van der Waals surface area contributed by atoms with Crippen molar-refractivity contribution in [2.75, 3.05) is 7.05 Å². The molecule has 0 heterocycles. The summed E-state index contributed by atoms with van der Waals surface area (Å²) in [6.45, 7) is 0. The van der Waals surface area contributed by atoms with Gasteiger partial charge in [-0.05, 0) is 12.6 Å². The summed E-state index contributed by atoms with van der Waals surface area (Å²) in [4.78, 5) is 0. The van der Waals surface area contributed by atoms with Crippen molar-refractivity contribution in [2.24, 2.45) is 0 Å². The summed E-state index contributed by atoms with van der Waals surface area (Å²) in [7, 11) is -1.55. The molecule has 0 aliphatic heterocycles. The van der Waals surface area contributed by atoms with Crippen LogP contribution >= 0.6 is 0 Å². The Morgan fingerprint density at radius 3 is 2.50 bits per heavy atom. The molecule has 0 radical (unpaired) electrons. The van der Waals surface area contributed by atoms with Crippen molar-refractivity contribution in [1.29, 1.82) is 0 Å². The zero-order valence-electron chi connectivity index (χ0n) is 6.73. The van der Waals surface area contributed by atoms with Gasteiger partial charge in [-0.3, -0.25) is 0 Å². The number of nitrogens with one attached hydrogen (secondary N) is 1. The predicted molar refractivity (Wildman–Crippen MR) is 51.4 cm³/mol. The molecule has 3 nitrogen and oxygen atoms in total. The van der Waals surface area contributed by atoms with E-state index in [9.17, 15) is 4.21 Å². The van der Waals surface area contributed by atoms with Crippen molar-refractivity contribution < 1.29 is 8.76 Å². The number of hydrogen-bond acceptors (Lipinski definition) is 1. The second-order valence-corrected chi connectivity index (χ2v) is 4.08. The van der Waals surface area contributed by atoms with Crippen LogP contribution in [0.15, 0.2) is 30.3 Å². The minimum absolute atomic E-state index is 0.736. The van der Waals surface area contributed by atoms with Gasteiger partial charge < -0.3 is 4.55 Å². The molecule has 1 aromatic rings. The molecule has 0 amide bonds. The van der Waals surface area contributed by atoms with E-state index >= 15 is 0 Å². The van der Waals surface area contributed by atoms with Crippen molar-refractivity contribution in [2.45, 2.75) is 0 Å². The molecule has 0 spiro atoms. The van der Waals surface area contributed by atoms with E-state index in [4.69, 9.17) is 4.55 Å². The molecular weight excluding hydrogens is 174 g/mol. The van der Waals surface area contributed by atoms with Gasteiger partial charge >= 0.3 is 0 Å². The fraction of sp³-hybridized carbons (Fsp3) is 0.125. The minimum atomic E-state index is -3.00. The molecule has 66 valence electrons. The lowest BCUT2D eigenvalue weighted by Crippen LogP contribution is -2.19. The van der Waals surface area contributed by atoms with Crippen LogP contribution in [0.4, 0.5) is 0 Å². The summed E-state index contributed by atoms with van der Waals surface area (Å²) >= 11 is 0. The van der Waals surface area contributed by atoms with Gasteiger partial charge in [0.25, 0.3) is 0 Å². The second-order valence-electron chi connectivity index (χ2n) is 2.30. The van der Waals surface area contributed by atoms with Gasteiger partial charge in [0.15, 0.2) is 0 Å². The van der Waals surface area contributed by atoms with Crippen LogP contribution in [0.3, 0.4) is 0 Å². The summed E-state index contributed by atoms with van der Waals surface area (Å²) in [6.07, 6.45) is 0. The summed E-state index contributed by atoms with van der Waals surface area (Å²) in [5.74, 6) is 0. The van der Waals surface area contributed by atoms with Gasteiger partial charge in [0.1, 0.15) is 9.99 Å². The number of benzene rings is 1. The fourth-order valence-corrected chi connectivity index (χ4v) is 1.42. The Balaban J connectivity index is 3.04. The van der Waals surface area contributed by atoms with Crippen molar-refractivity contribution in [3.8, 4) is 0 Å². The molecule has 0 saturated carbocycles. The van der Waals surface area contributed by atoms with Crippen LogP contribution in [0.2, 0.25) is 0 Å². The van der Waals surface area contributed by atoms with Gasteiger partial charge in [0.2, 0.25) is 0 Å². The number of hydrogen-bond donors (Lipinski definition) is 2. The van der Waals surface area contributed by atoms with Crippen LogP contribution in [-0.4, -0.2) is 21.2 Å². The Morgan fingerprint density at radius 1 is 1.42 bits per heavy atom. The predicted octanol–water partition coefficient (Wildman–Crippen LogP) is 0.729. The molecular formula is C8H11NO2S. The lowest BCUT2D eigenvalue weighted by molar-refractivity contribution is 0.551. The highest BCUT2D eigenvalue weighted by Gasteiger charge is 1.95. The molecule has 12 heavy (non-hydrogen) atoms. The first-order chi connectivity index (χ1) is 5.64. The zero-order chi connectivity index (χ0) is 9.03. The number of rotatable bonds is 2. The minimum Gasteiger partial charge on any atom is -0.302 e. The molecule has 2 N–H and O–H groups in total. The molecule has 1 atom stereocenters. The molecule has 0 fully saturated rings. The topological polar surface area (TPSA) is 49.3 Å². The monoisotopic (exact) mass is 185 g/mol. The molecule has 4 heteroatoms. The molecule has 0 aliphatic rings. The SMILES string of the molecule is CNS(=O)(O)=Cc1ccccc1. The average Bonchev–Trinajstić information content (AvgIpc) is 2.06. The normalized spacial score (nSPS) is 15.2. The van der Waals surface area contributed by atoms with E-state index in [2.05, 4.69) is 4.72 Å². The highest BCUT2D eigenvalue weighted by molar-refractivity contribution is 7.94. The van der Waals surface area contributed by atoms with E-state index in [0.717, 1.165) is 5.56 Å². The van der Waals surface area contributed by atoms with E-state index in [1.807, 2.05) is 18.2 Å². The Hall–Kier alpha value is -0.840. The lowest BCUT2D eigenvalue weighted by atomic mass is 10.2. The van der Waals surface area contributed by atoms with Crippen LogP contribution in [0, 0.1) is 0 Å². The summed E-state index contributed by atoms with van der Waals surface area (Å²) in [5, 5.41) is 1.30. The Bertz CT molecular complexity index is 353. The Morgan fingerprint density at radius 2 is 2.00 bits per heavy atom. The molecule has 0 aromatic heterocycles. The molecule has 1 aromatic carbocycles. The fourth-order valence-electron chi connectivity index (χ4n) is 0.775. The standard InChI is InChI=1S/C8H11NO2S/c1-9-12(10,11)7-8-5-3-2-4-6-8/h2-7H,1H3,(H2,9,10,11). The van der Waals surface area contributed by atoms with Crippen LogP contribution in [0.1, 0.15) is 5.56 Å². The van der Waals surface area contributed by atoms with Crippen molar-refractivity contribution in [3.05, 3.63) is 35.9 Å². The van der Waals surface area contributed by atoms with Crippen LogP contribution in [0.5, 0.6) is 0 Å². The highest BCUT2D eigenvalue weighted by Crippen LogP contribution is 1.94. The molecule has 0 saturated heterocycles. The van der Waals surface area contributed by atoms with E-state index in [1.165, 1.54) is 12.4 Å². The third-order valence-corrected chi connectivity index (χ3v) is 2.56. The third-order valence-electron chi connectivity index (χ3n) is 1.39. The van der Waals surface area contributed by atoms with E-state index in [0.29, 0.717) is 0 Å². The quantitative estimate of drug-likeness (QED) is 0.667. The lowest BCUT2D eigenvalue weighted by Gasteiger charge is -1.99. The first-order valence-corrected chi connectivity index (χ1v) is 5.07. The summed E-state index contributed by atoms with van der Waals surface area (Å²) in [6, 6.07) is 9.03. The van der Waals surface area contributed by atoms with Gasteiger partial charge in [0, 0.05) is 5.37 Å². The maximum absolute atomic E-state index is 11.1. The van der Waals surface area contributed by atoms with Gasteiger partial charge in [0.05, 0.1) is 0 Å². The largest absolute Gasteiger partial charge is 0.302 e. The molecule has 0 aliphatic carbocycles. The van der Waals surface area contributed by atoms with Crippen LogP contribution in [0.25, 0.3) is 0 Å². The second kappa shape index (κ2) is 3.71. The average molecular weight is 185 g/mol. The zero-order valence-corrected chi connectivity index (χ0v) is 7.54. The van der Waals surface area contributed by atoms with Gasteiger partial charge in [-0.1, -0.05) is 30.3 Å². The van der Waals surface area contributed by atoms with E-state index in [1.54, 1.807) is 12.1 Å². The van der Waals surface area contributed by atoms with Crippen LogP contribution in [-0.2, 0) is 9.99 Å². The van der Waals surface area contributed by atoms with E-state index in [-0.39, 0.29) is 0 Å². The Labute approximate surface area is 72.4 Å². The van der Waals surface area contributed by atoms with Crippen molar-refractivity contribution >= 4 is 15.4 Å². The third kappa shape index (κ3) is 2.65. The summed E-state index contributed by atoms with van der Waals surface area (Å²) < 4.78 is 22.6. The van der Waals surface area contributed by atoms with E-state index < -0.39 is 9.99 Å². The van der Waals surface area contributed by atoms with Crippen LogP contribution < -0.4 is 4.72 Å². The van der Waals surface area contributed by atoms with Gasteiger partial charge in [-0.2, -0.15) is 0 Å². The molecule has 0 bridgehead atoms. The highest BCUT2D eigenvalue weighted by atomic mass is 32.2. The van der Waals surface area contributed by atoms with Gasteiger partial charge in [-0.15, -0.1) is 0 Å². The molecule has 1 rings (SSSR count). The maximum atomic E-state index is 11.1. The Kier molecular flexibility index (Phi) is 2.86. The first kappa shape index (κ1) is 9.25. The smallest absolute Gasteiger partial charge is 0.145 e. The van der Waals surface area contributed by atoms with Crippen molar-refractivity contribution in [1.82, 2.24) is 4.72 Å².